The zero-order valence-electron chi connectivity index (χ0n) is 18.2. The molecule has 1 aromatic carbocycles. The maximum absolute atomic E-state index is 12.5. The lowest BCUT2D eigenvalue weighted by Crippen LogP contribution is -2.43. The molecule has 0 saturated heterocycles. The van der Waals surface area contributed by atoms with Crippen molar-refractivity contribution >= 4 is 34.7 Å². The molecule has 32 heavy (non-hydrogen) atoms. The van der Waals surface area contributed by atoms with Gasteiger partial charge < -0.3 is 19.8 Å². The predicted molar refractivity (Wildman–Crippen MR) is 125 cm³/mol. The summed E-state index contributed by atoms with van der Waals surface area (Å²) in [7, 11) is 0. The highest BCUT2D eigenvalue weighted by Crippen LogP contribution is 2.27. The number of carbonyl (C=O) groups is 1. The number of carbonyl (C=O) groups excluding carboxylic acids is 1. The number of hydrogen-bond donors (Lipinski definition) is 2. The van der Waals surface area contributed by atoms with Crippen molar-refractivity contribution in [2.75, 3.05) is 6.61 Å². The average molecular weight is 453 g/mol. The second-order valence-electron chi connectivity index (χ2n) is 8.21. The number of nitriles is 1. The summed E-state index contributed by atoms with van der Waals surface area (Å²) < 4.78 is 11.4. The third-order valence-electron chi connectivity index (χ3n) is 4.53. The van der Waals surface area contributed by atoms with E-state index in [4.69, 9.17) is 26.3 Å². The van der Waals surface area contributed by atoms with E-state index in [1.54, 1.807) is 6.08 Å². The van der Waals surface area contributed by atoms with E-state index in [0.29, 0.717) is 22.8 Å². The minimum absolute atomic E-state index is 0.147. The molecule has 3 rings (SSSR count). The fraction of sp³-hybridized carbons (Fsp3) is 0.292. The fourth-order valence-corrected chi connectivity index (χ4v) is 3.42. The maximum atomic E-state index is 12.5. The van der Waals surface area contributed by atoms with Crippen LogP contribution in [-0.2, 0) is 11.2 Å². The molecule has 3 aromatic rings. The van der Waals surface area contributed by atoms with E-state index in [-0.39, 0.29) is 6.61 Å². The number of hydrogen-bond acceptors (Lipinski definition) is 5. The molecular formula is C24H25ClN4O3. The number of para-hydroxylation sites is 1. The Labute approximate surface area is 192 Å². The molecule has 0 aliphatic rings. The zero-order valence-corrected chi connectivity index (χ0v) is 18.9. The van der Waals surface area contributed by atoms with Crippen LogP contribution in [0.2, 0.25) is 5.02 Å². The molecule has 1 atom stereocenters. The number of alkyl carbamates (subject to hydrolysis) is 1. The number of benzene rings is 1. The van der Waals surface area contributed by atoms with Crippen molar-refractivity contribution in [2.24, 2.45) is 0 Å². The molecule has 0 bridgehead atoms. The molecule has 7 nitrogen and oxygen atoms in total. The van der Waals surface area contributed by atoms with E-state index in [0.717, 1.165) is 16.5 Å². The van der Waals surface area contributed by atoms with Crippen molar-refractivity contribution in [1.29, 1.82) is 5.26 Å². The van der Waals surface area contributed by atoms with E-state index >= 15 is 0 Å². The molecule has 8 heteroatoms. The van der Waals surface area contributed by atoms with Crippen LogP contribution in [0.1, 0.15) is 31.9 Å². The van der Waals surface area contributed by atoms with Crippen LogP contribution in [0.15, 0.2) is 48.9 Å². The van der Waals surface area contributed by atoms with Crippen molar-refractivity contribution in [3.63, 3.8) is 0 Å². The quantitative estimate of drug-likeness (QED) is 0.476. The Balaban J connectivity index is 1.81. The molecule has 0 saturated carbocycles. The monoisotopic (exact) mass is 452 g/mol. The lowest BCUT2D eigenvalue weighted by Gasteiger charge is -2.24. The van der Waals surface area contributed by atoms with Crippen molar-refractivity contribution in [3.05, 3.63) is 65.1 Å². The highest BCUT2D eigenvalue weighted by Gasteiger charge is 2.22. The van der Waals surface area contributed by atoms with Crippen LogP contribution in [0.3, 0.4) is 0 Å². The number of halogens is 1. The summed E-state index contributed by atoms with van der Waals surface area (Å²) in [6.07, 6.45) is 7.80. The smallest absolute Gasteiger partial charge is 0.408 e. The van der Waals surface area contributed by atoms with Gasteiger partial charge in [0.2, 0.25) is 0 Å². The Hall–Kier alpha value is -3.50. The standard InChI is InChI=1S/C24H25ClN4O3/c1-24(2,3)32-23(30)29-17(11-16-12-28-21-9-5-4-7-18(16)21)15-31-22-14-27-13-20(25)19(22)8-6-10-26/h4-9,12-14,17,28H,11,15H2,1-3H3,(H,29,30)/t17-/m0/s1. The van der Waals surface area contributed by atoms with Gasteiger partial charge in [-0.1, -0.05) is 29.8 Å². The Morgan fingerprint density at radius 3 is 2.88 bits per heavy atom. The van der Waals surface area contributed by atoms with Gasteiger partial charge in [-0.25, -0.2) is 4.79 Å². The highest BCUT2D eigenvalue weighted by molar-refractivity contribution is 6.32. The molecule has 0 aliphatic heterocycles. The van der Waals surface area contributed by atoms with Crippen LogP contribution in [-0.4, -0.2) is 34.3 Å². The molecule has 0 unspecified atom stereocenters. The predicted octanol–water partition coefficient (Wildman–Crippen LogP) is 5.27. The fourth-order valence-electron chi connectivity index (χ4n) is 3.21. The minimum Gasteiger partial charge on any atom is -0.489 e. The number of fused-ring (bicyclic) bond motifs is 1. The van der Waals surface area contributed by atoms with E-state index < -0.39 is 17.7 Å². The summed E-state index contributed by atoms with van der Waals surface area (Å²) in [4.78, 5) is 19.8. The van der Waals surface area contributed by atoms with Crippen LogP contribution in [0.25, 0.3) is 17.0 Å². The summed E-state index contributed by atoms with van der Waals surface area (Å²) in [6.45, 7) is 5.57. The molecule has 2 heterocycles. The number of H-pyrrole nitrogens is 1. The number of aromatic amines is 1. The van der Waals surface area contributed by atoms with Gasteiger partial charge in [0, 0.05) is 34.9 Å². The van der Waals surface area contributed by atoms with Crippen molar-refractivity contribution in [1.82, 2.24) is 15.3 Å². The number of nitrogens with one attached hydrogen (secondary N) is 2. The first-order valence-corrected chi connectivity index (χ1v) is 10.5. The van der Waals surface area contributed by atoms with Gasteiger partial charge in [-0.15, -0.1) is 0 Å². The molecular weight excluding hydrogens is 428 g/mol. The third kappa shape index (κ3) is 6.25. The first-order valence-electron chi connectivity index (χ1n) is 10.1. The molecule has 166 valence electrons. The van der Waals surface area contributed by atoms with Crippen molar-refractivity contribution in [3.8, 4) is 11.8 Å². The second kappa shape index (κ2) is 10.2. The molecule has 2 N–H and O–H groups in total. The van der Waals surface area contributed by atoms with E-state index in [9.17, 15) is 4.79 Å². The van der Waals surface area contributed by atoms with Crippen molar-refractivity contribution in [2.45, 2.75) is 38.8 Å². The van der Waals surface area contributed by atoms with E-state index in [1.165, 1.54) is 18.5 Å². The van der Waals surface area contributed by atoms with Crippen LogP contribution in [0, 0.1) is 11.3 Å². The van der Waals surface area contributed by atoms with Gasteiger partial charge in [-0.3, -0.25) is 4.98 Å². The average Bonchev–Trinajstić information content (AvgIpc) is 3.13. The zero-order chi connectivity index (χ0) is 23.1. The molecule has 2 aromatic heterocycles. The van der Waals surface area contributed by atoms with E-state index in [1.807, 2.05) is 57.3 Å². The topological polar surface area (TPSA) is 100 Å². The van der Waals surface area contributed by atoms with Crippen LogP contribution in [0.5, 0.6) is 5.75 Å². The van der Waals surface area contributed by atoms with Crippen molar-refractivity contribution < 1.29 is 14.3 Å². The molecule has 0 radical (unpaired) electrons. The van der Waals surface area contributed by atoms with Gasteiger partial charge in [-0.2, -0.15) is 5.26 Å². The summed E-state index contributed by atoms with van der Waals surface area (Å²) in [5.74, 6) is 0.416. The lowest BCUT2D eigenvalue weighted by molar-refractivity contribution is 0.0488. The Morgan fingerprint density at radius 2 is 2.12 bits per heavy atom. The highest BCUT2D eigenvalue weighted by atomic mass is 35.5. The molecule has 1 amide bonds. The van der Waals surface area contributed by atoms with Crippen LogP contribution >= 0.6 is 11.6 Å². The Kier molecular flexibility index (Phi) is 7.39. The summed E-state index contributed by atoms with van der Waals surface area (Å²) in [5, 5.41) is 13.2. The second-order valence-corrected chi connectivity index (χ2v) is 8.62. The number of allylic oxidation sites excluding steroid dienone is 1. The number of amides is 1. The minimum atomic E-state index is -0.623. The van der Waals surface area contributed by atoms with Crippen LogP contribution < -0.4 is 10.1 Å². The van der Waals surface area contributed by atoms with E-state index in [2.05, 4.69) is 15.3 Å². The number of ether oxygens (including phenoxy) is 2. The number of nitrogens with zero attached hydrogens (tertiary/aromatic N) is 2. The summed E-state index contributed by atoms with van der Waals surface area (Å²) in [5.41, 5.74) is 1.98. The molecule has 0 fully saturated rings. The lowest BCUT2D eigenvalue weighted by atomic mass is 10.1. The number of rotatable bonds is 7. The van der Waals surface area contributed by atoms with Gasteiger partial charge in [0.1, 0.15) is 18.0 Å². The summed E-state index contributed by atoms with van der Waals surface area (Å²) >= 11 is 6.22. The Bertz CT molecular complexity index is 1160. The normalized spacial score (nSPS) is 12.5. The molecule has 0 aliphatic carbocycles. The maximum Gasteiger partial charge on any atom is 0.408 e. The number of pyridine rings is 1. The van der Waals surface area contributed by atoms with Gasteiger partial charge >= 0.3 is 6.09 Å². The van der Waals surface area contributed by atoms with Gasteiger partial charge in [0.25, 0.3) is 0 Å². The first kappa shape index (κ1) is 23.2. The first-order chi connectivity index (χ1) is 15.3. The Morgan fingerprint density at radius 1 is 1.34 bits per heavy atom. The van der Waals surface area contributed by atoms with Crippen LogP contribution in [0.4, 0.5) is 4.79 Å². The SMILES string of the molecule is CC(C)(C)OC(=O)N[C@H](COc1cncc(Cl)c1C=CC#N)Cc1c[nH]c2ccccc12. The van der Waals surface area contributed by atoms with Gasteiger partial charge in [0.05, 0.1) is 23.3 Å². The summed E-state index contributed by atoms with van der Waals surface area (Å²) in [6, 6.07) is 9.50. The number of aromatic nitrogens is 2. The van der Waals surface area contributed by atoms with Gasteiger partial charge in [-0.05, 0) is 44.9 Å². The largest absolute Gasteiger partial charge is 0.489 e. The third-order valence-corrected chi connectivity index (χ3v) is 4.83. The van der Waals surface area contributed by atoms with Gasteiger partial charge in [0.15, 0.2) is 0 Å². The molecule has 0 spiro atoms.